The Kier molecular flexibility index (Phi) is 2.63. The Morgan fingerprint density at radius 1 is 1.07 bits per heavy atom. The number of benzene rings is 1. The van der Waals surface area contributed by atoms with Crippen molar-refractivity contribution in [3.05, 3.63) is 47.4 Å². The zero-order chi connectivity index (χ0) is 10.8. The third kappa shape index (κ3) is 1.70. The zero-order valence-electron chi connectivity index (χ0n) is 9.50. The van der Waals surface area contributed by atoms with Gasteiger partial charge >= 0.3 is 0 Å². The Bertz CT molecular complexity index is 452. The summed E-state index contributed by atoms with van der Waals surface area (Å²) < 4.78 is 5.75. The van der Waals surface area contributed by atoms with Crippen LogP contribution in [0, 0.1) is 13.8 Å². The molecule has 0 bridgehead atoms. The van der Waals surface area contributed by atoms with Crippen LogP contribution in [0.5, 0.6) is 0 Å². The molecule has 1 aromatic carbocycles. The van der Waals surface area contributed by atoms with Crippen molar-refractivity contribution < 1.29 is 4.42 Å². The molecule has 0 N–H and O–H groups in total. The van der Waals surface area contributed by atoms with Crippen LogP contribution < -0.4 is 0 Å². The average Bonchev–Trinajstić information content (AvgIpc) is 2.55. The lowest BCUT2D eigenvalue weighted by Crippen LogP contribution is -1.82. The standard InChI is InChI=1S/C14H16O/c1-4-13-10(2)14(11(3)15-13)12-8-6-5-7-9-12/h5-9H,4H2,1-3H3. The lowest BCUT2D eigenvalue weighted by Gasteiger charge is -2.00. The molecule has 1 aromatic heterocycles. The van der Waals surface area contributed by atoms with E-state index in [9.17, 15) is 0 Å². The topological polar surface area (TPSA) is 13.1 Å². The smallest absolute Gasteiger partial charge is 0.109 e. The van der Waals surface area contributed by atoms with Gasteiger partial charge in [-0.25, -0.2) is 0 Å². The molecule has 1 nitrogen and oxygen atoms in total. The maximum atomic E-state index is 5.75. The number of furan rings is 1. The predicted octanol–water partition coefficient (Wildman–Crippen LogP) is 4.13. The summed E-state index contributed by atoms with van der Waals surface area (Å²) in [5, 5.41) is 0. The molecule has 0 unspecified atom stereocenters. The van der Waals surface area contributed by atoms with Gasteiger partial charge in [-0.3, -0.25) is 0 Å². The fourth-order valence-electron chi connectivity index (χ4n) is 2.08. The van der Waals surface area contributed by atoms with E-state index < -0.39 is 0 Å². The van der Waals surface area contributed by atoms with Gasteiger partial charge in [0.2, 0.25) is 0 Å². The van der Waals surface area contributed by atoms with E-state index in [1.165, 1.54) is 16.7 Å². The second-order valence-corrected chi connectivity index (χ2v) is 3.80. The summed E-state index contributed by atoms with van der Waals surface area (Å²) in [6.45, 7) is 6.30. The van der Waals surface area contributed by atoms with Crippen LogP contribution in [0.1, 0.15) is 24.0 Å². The maximum absolute atomic E-state index is 5.75. The van der Waals surface area contributed by atoms with Crippen molar-refractivity contribution in [1.29, 1.82) is 0 Å². The highest BCUT2D eigenvalue weighted by molar-refractivity contribution is 5.69. The second kappa shape index (κ2) is 3.93. The van der Waals surface area contributed by atoms with Crippen LogP contribution in [0.2, 0.25) is 0 Å². The van der Waals surface area contributed by atoms with E-state index >= 15 is 0 Å². The first-order valence-corrected chi connectivity index (χ1v) is 5.38. The van der Waals surface area contributed by atoms with Gasteiger partial charge in [0.15, 0.2) is 0 Å². The van der Waals surface area contributed by atoms with Gasteiger partial charge in [-0.05, 0) is 25.0 Å². The molecule has 0 saturated carbocycles. The number of hydrogen-bond acceptors (Lipinski definition) is 1. The Morgan fingerprint density at radius 3 is 2.27 bits per heavy atom. The molecule has 2 rings (SSSR count). The quantitative estimate of drug-likeness (QED) is 0.710. The summed E-state index contributed by atoms with van der Waals surface area (Å²) in [4.78, 5) is 0. The molecule has 1 heteroatoms. The summed E-state index contributed by atoms with van der Waals surface area (Å²) in [6.07, 6.45) is 0.958. The molecule has 0 saturated heterocycles. The van der Waals surface area contributed by atoms with E-state index in [2.05, 4.69) is 38.1 Å². The molecule has 2 aromatic rings. The second-order valence-electron chi connectivity index (χ2n) is 3.80. The molecule has 1 heterocycles. The molecule has 78 valence electrons. The monoisotopic (exact) mass is 200 g/mol. The molecule has 0 aliphatic carbocycles. The third-order valence-electron chi connectivity index (χ3n) is 2.81. The van der Waals surface area contributed by atoms with E-state index in [1.54, 1.807) is 0 Å². The summed E-state index contributed by atoms with van der Waals surface area (Å²) in [5.74, 6) is 2.13. The van der Waals surface area contributed by atoms with Gasteiger partial charge in [0.05, 0.1) is 0 Å². The fraction of sp³-hybridized carbons (Fsp3) is 0.286. The minimum Gasteiger partial charge on any atom is -0.465 e. The van der Waals surface area contributed by atoms with Crippen LogP contribution in [-0.2, 0) is 6.42 Å². The molecular formula is C14H16O. The molecule has 0 aliphatic rings. The predicted molar refractivity (Wildman–Crippen MR) is 63.0 cm³/mol. The Balaban J connectivity index is 2.58. The highest BCUT2D eigenvalue weighted by Crippen LogP contribution is 2.31. The van der Waals surface area contributed by atoms with Crippen LogP contribution in [0.15, 0.2) is 34.7 Å². The lowest BCUT2D eigenvalue weighted by molar-refractivity contribution is 0.487. The Morgan fingerprint density at radius 2 is 1.73 bits per heavy atom. The van der Waals surface area contributed by atoms with Gasteiger partial charge in [-0.15, -0.1) is 0 Å². The van der Waals surface area contributed by atoms with Gasteiger partial charge in [0, 0.05) is 12.0 Å². The van der Waals surface area contributed by atoms with Gasteiger partial charge in [0.1, 0.15) is 11.5 Å². The van der Waals surface area contributed by atoms with Gasteiger partial charge in [-0.1, -0.05) is 37.3 Å². The van der Waals surface area contributed by atoms with Crippen molar-refractivity contribution in [2.45, 2.75) is 27.2 Å². The first-order chi connectivity index (χ1) is 7.24. The first kappa shape index (κ1) is 10.0. The van der Waals surface area contributed by atoms with Crippen molar-refractivity contribution in [1.82, 2.24) is 0 Å². The van der Waals surface area contributed by atoms with Crippen molar-refractivity contribution in [2.75, 3.05) is 0 Å². The molecule has 0 amide bonds. The molecule has 0 fully saturated rings. The largest absolute Gasteiger partial charge is 0.465 e. The highest BCUT2D eigenvalue weighted by atomic mass is 16.3. The van der Waals surface area contributed by atoms with Gasteiger partial charge in [-0.2, -0.15) is 0 Å². The molecular weight excluding hydrogens is 184 g/mol. The van der Waals surface area contributed by atoms with E-state index in [4.69, 9.17) is 4.42 Å². The summed E-state index contributed by atoms with van der Waals surface area (Å²) >= 11 is 0. The number of aryl methyl sites for hydroxylation is 2. The molecule has 0 spiro atoms. The van der Waals surface area contributed by atoms with Crippen molar-refractivity contribution in [3.8, 4) is 11.1 Å². The van der Waals surface area contributed by atoms with Gasteiger partial charge < -0.3 is 4.42 Å². The van der Waals surface area contributed by atoms with E-state index in [0.29, 0.717) is 0 Å². The van der Waals surface area contributed by atoms with Crippen LogP contribution >= 0.6 is 0 Å². The van der Waals surface area contributed by atoms with E-state index in [0.717, 1.165) is 17.9 Å². The van der Waals surface area contributed by atoms with Crippen molar-refractivity contribution in [3.63, 3.8) is 0 Å². The third-order valence-corrected chi connectivity index (χ3v) is 2.81. The normalized spacial score (nSPS) is 10.6. The SMILES string of the molecule is CCc1oc(C)c(-c2ccccc2)c1C. The van der Waals surface area contributed by atoms with Crippen LogP contribution in [-0.4, -0.2) is 0 Å². The lowest BCUT2D eigenvalue weighted by atomic mass is 10.0. The summed E-state index contributed by atoms with van der Waals surface area (Å²) in [7, 11) is 0. The number of hydrogen-bond donors (Lipinski definition) is 0. The van der Waals surface area contributed by atoms with Crippen molar-refractivity contribution in [2.24, 2.45) is 0 Å². The van der Waals surface area contributed by atoms with Crippen LogP contribution in [0.3, 0.4) is 0 Å². The maximum Gasteiger partial charge on any atom is 0.109 e. The Labute approximate surface area is 90.7 Å². The zero-order valence-corrected chi connectivity index (χ0v) is 9.50. The molecule has 0 aliphatic heterocycles. The minimum absolute atomic E-state index is 0.958. The summed E-state index contributed by atoms with van der Waals surface area (Å²) in [6, 6.07) is 10.4. The average molecular weight is 200 g/mol. The Hall–Kier alpha value is -1.50. The fourth-order valence-corrected chi connectivity index (χ4v) is 2.08. The van der Waals surface area contributed by atoms with Crippen LogP contribution in [0.4, 0.5) is 0 Å². The van der Waals surface area contributed by atoms with E-state index in [1.807, 2.05) is 13.0 Å². The number of rotatable bonds is 2. The molecule has 15 heavy (non-hydrogen) atoms. The highest BCUT2D eigenvalue weighted by Gasteiger charge is 2.13. The first-order valence-electron chi connectivity index (χ1n) is 5.38. The van der Waals surface area contributed by atoms with E-state index in [-0.39, 0.29) is 0 Å². The summed E-state index contributed by atoms with van der Waals surface area (Å²) in [5.41, 5.74) is 3.78. The van der Waals surface area contributed by atoms with Crippen LogP contribution in [0.25, 0.3) is 11.1 Å². The molecule has 0 radical (unpaired) electrons. The molecule has 0 atom stereocenters. The van der Waals surface area contributed by atoms with Crippen molar-refractivity contribution >= 4 is 0 Å². The minimum atomic E-state index is 0.958. The van der Waals surface area contributed by atoms with Gasteiger partial charge in [0.25, 0.3) is 0 Å².